The second-order valence-electron chi connectivity index (χ2n) is 4.02. The van der Waals surface area contributed by atoms with Crippen LogP contribution in [-0.2, 0) is 9.53 Å². The van der Waals surface area contributed by atoms with Gasteiger partial charge in [0.25, 0.3) is 0 Å². The minimum atomic E-state index is -0.362. The summed E-state index contributed by atoms with van der Waals surface area (Å²) < 4.78 is 10.0. The first kappa shape index (κ1) is 14.0. The maximum absolute atomic E-state index is 10.9. The highest BCUT2D eigenvalue weighted by Gasteiger charge is 1.94. The summed E-state index contributed by atoms with van der Waals surface area (Å²) in [6, 6.07) is 7.51. The van der Waals surface area contributed by atoms with E-state index in [0.717, 1.165) is 11.3 Å². The van der Waals surface area contributed by atoms with E-state index >= 15 is 0 Å². The highest BCUT2D eigenvalue weighted by molar-refractivity contribution is 5.86. The van der Waals surface area contributed by atoms with Crippen LogP contribution in [0.5, 0.6) is 5.75 Å². The fourth-order valence-electron chi connectivity index (χ4n) is 1.21. The fraction of sp³-hybridized carbons (Fsp3) is 0.267. The van der Waals surface area contributed by atoms with Gasteiger partial charge in [0, 0.05) is 6.08 Å². The maximum atomic E-state index is 10.9. The average Bonchev–Trinajstić information content (AvgIpc) is 2.37. The number of hydrogen-bond acceptors (Lipinski definition) is 3. The maximum Gasteiger partial charge on any atom is 0.330 e. The van der Waals surface area contributed by atoms with Gasteiger partial charge in [0.15, 0.2) is 0 Å². The van der Waals surface area contributed by atoms with E-state index in [1.54, 1.807) is 6.08 Å². The molecule has 0 saturated carbocycles. The van der Waals surface area contributed by atoms with Crippen LogP contribution in [0.2, 0.25) is 0 Å². The SMILES string of the molecule is COC(=O)/C=C\c1ccc(OCC=C(C)C)cc1. The Hall–Kier alpha value is -2.03. The van der Waals surface area contributed by atoms with Crippen LogP contribution < -0.4 is 4.74 Å². The van der Waals surface area contributed by atoms with Crippen molar-refractivity contribution in [2.75, 3.05) is 13.7 Å². The van der Waals surface area contributed by atoms with Crippen LogP contribution in [0.25, 0.3) is 6.08 Å². The van der Waals surface area contributed by atoms with Crippen molar-refractivity contribution in [2.24, 2.45) is 0 Å². The molecule has 0 spiro atoms. The number of allylic oxidation sites excluding steroid dienone is 1. The molecule has 1 aromatic carbocycles. The molecule has 0 fully saturated rings. The Labute approximate surface area is 108 Å². The number of carbonyl (C=O) groups is 1. The average molecular weight is 246 g/mol. The highest BCUT2D eigenvalue weighted by atomic mass is 16.5. The van der Waals surface area contributed by atoms with Gasteiger partial charge in [-0.15, -0.1) is 0 Å². The molecule has 0 heterocycles. The summed E-state index contributed by atoms with van der Waals surface area (Å²) in [5.41, 5.74) is 2.16. The van der Waals surface area contributed by atoms with Crippen LogP contribution in [0.1, 0.15) is 19.4 Å². The van der Waals surface area contributed by atoms with Gasteiger partial charge in [-0.25, -0.2) is 4.79 Å². The Balaban J connectivity index is 2.55. The van der Waals surface area contributed by atoms with E-state index in [1.165, 1.54) is 18.8 Å². The van der Waals surface area contributed by atoms with Gasteiger partial charge in [0.05, 0.1) is 7.11 Å². The third kappa shape index (κ3) is 5.34. The molecule has 3 nitrogen and oxygen atoms in total. The van der Waals surface area contributed by atoms with Gasteiger partial charge in [-0.2, -0.15) is 0 Å². The molecule has 18 heavy (non-hydrogen) atoms. The van der Waals surface area contributed by atoms with Crippen molar-refractivity contribution in [2.45, 2.75) is 13.8 Å². The van der Waals surface area contributed by atoms with Gasteiger partial charge in [0.1, 0.15) is 12.4 Å². The monoisotopic (exact) mass is 246 g/mol. The summed E-state index contributed by atoms with van der Waals surface area (Å²) in [4.78, 5) is 10.9. The summed E-state index contributed by atoms with van der Waals surface area (Å²) in [5.74, 6) is 0.446. The number of esters is 1. The molecule has 0 unspecified atom stereocenters. The van der Waals surface area contributed by atoms with Gasteiger partial charge in [-0.1, -0.05) is 17.7 Å². The zero-order chi connectivity index (χ0) is 13.4. The van der Waals surface area contributed by atoms with Crippen LogP contribution in [0.15, 0.2) is 42.0 Å². The minimum Gasteiger partial charge on any atom is -0.490 e. The molecule has 0 saturated heterocycles. The van der Waals surface area contributed by atoms with E-state index < -0.39 is 0 Å². The zero-order valence-electron chi connectivity index (χ0n) is 11.0. The van der Waals surface area contributed by atoms with E-state index in [1.807, 2.05) is 44.2 Å². The highest BCUT2D eigenvalue weighted by Crippen LogP contribution is 2.13. The quantitative estimate of drug-likeness (QED) is 0.454. The summed E-state index contributed by atoms with van der Waals surface area (Å²) in [6.45, 7) is 4.63. The van der Waals surface area contributed by atoms with E-state index in [0.29, 0.717) is 6.61 Å². The zero-order valence-corrected chi connectivity index (χ0v) is 11.0. The molecule has 1 aromatic rings. The molecule has 0 bridgehead atoms. The lowest BCUT2D eigenvalue weighted by Gasteiger charge is -2.03. The van der Waals surface area contributed by atoms with Crippen LogP contribution >= 0.6 is 0 Å². The number of hydrogen-bond donors (Lipinski definition) is 0. The number of rotatable bonds is 5. The van der Waals surface area contributed by atoms with Crippen molar-refractivity contribution in [1.82, 2.24) is 0 Å². The smallest absolute Gasteiger partial charge is 0.330 e. The van der Waals surface area contributed by atoms with Crippen molar-refractivity contribution in [3.05, 3.63) is 47.6 Å². The Morgan fingerprint density at radius 2 is 1.89 bits per heavy atom. The van der Waals surface area contributed by atoms with Gasteiger partial charge < -0.3 is 9.47 Å². The molecular weight excluding hydrogens is 228 g/mol. The molecule has 1 rings (SSSR count). The standard InChI is InChI=1S/C15H18O3/c1-12(2)10-11-18-14-7-4-13(5-8-14)6-9-15(16)17-3/h4-10H,11H2,1-3H3/b9-6-. The molecular formula is C15H18O3. The molecule has 0 aromatic heterocycles. The Morgan fingerprint density at radius 1 is 1.22 bits per heavy atom. The number of benzene rings is 1. The lowest BCUT2D eigenvalue weighted by molar-refractivity contribution is -0.134. The Bertz CT molecular complexity index is 437. The lowest BCUT2D eigenvalue weighted by Crippen LogP contribution is -1.94. The van der Waals surface area contributed by atoms with Crippen molar-refractivity contribution in [3.8, 4) is 5.75 Å². The lowest BCUT2D eigenvalue weighted by atomic mass is 10.2. The predicted octanol–water partition coefficient (Wildman–Crippen LogP) is 3.22. The van der Waals surface area contributed by atoms with Gasteiger partial charge in [-0.05, 0) is 43.7 Å². The Morgan fingerprint density at radius 3 is 2.44 bits per heavy atom. The van der Waals surface area contributed by atoms with Gasteiger partial charge >= 0.3 is 5.97 Å². The summed E-state index contributed by atoms with van der Waals surface area (Å²) in [5, 5.41) is 0. The van der Waals surface area contributed by atoms with Crippen molar-refractivity contribution >= 4 is 12.0 Å². The van der Waals surface area contributed by atoms with Crippen LogP contribution in [0.4, 0.5) is 0 Å². The van der Waals surface area contributed by atoms with Crippen molar-refractivity contribution < 1.29 is 14.3 Å². The largest absolute Gasteiger partial charge is 0.490 e. The second-order valence-corrected chi connectivity index (χ2v) is 4.02. The van der Waals surface area contributed by atoms with Gasteiger partial charge in [-0.3, -0.25) is 0 Å². The molecule has 0 atom stereocenters. The van der Waals surface area contributed by atoms with Crippen molar-refractivity contribution in [1.29, 1.82) is 0 Å². The number of carbonyl (C=O) groups excluding carboxylic acids is 1. The summed E-state index contributed by atoms with van der Waals surface area (Å²) >= 11 is 0. The number of methoxy groups -OCH3 is 1. The summed E-state index contributed by atoms with van der Waals surface area (Å²) in [7, 11) is 1.35. The van der Waals surface area contributed by atoms with E-state index in [-0.39, 0.29) is 5.97 Å². The molecule has 0 aliphatic rings. The topological polar surface area (TPSA) is 35.5 Å². The Kier molecular flexibility index (Phi) is 5.71. The first-order valence-electron chi connectivity index (χ1n) is 5.74. The normalized spacial score (nSPS) is 10.2. The summed E-state index contributed by atoms with van der Waals surface area (Å²) in [6.07, 6.45) is 5.11. The van der Waals surface area contributed by atoms with Crippen LogP contribution in [0, 0.1) is 0 Å². The molecule has 0 aliphatic heterocycles. The van der Waals surface area contributed by atoms with Gasteiger partial charge in [0.2, 0.25) is 0 Å². The third-order valence-corrected chi connectivity index (χ3v) is 2.23. The number of ether oxygens (including phenoxy) is 2. The van der Waals surface area contributed by atoms with E-state index in [2.05, 4.69) is 4.74 Å². The fourth-order valence-corrected chi connectivity index (χ4v) is 1.21. The minimum absolute atomic E-state index is 0.362. The first-order chi connectivity index (χ1) is 8.61. The predicted molar refractivity (Wildman–Crippen MR) is 72.4 cm³/mol. The van der Waals surface area contributed by atoms with E-state index in [4.69, 9.17) is 4.74 Å². The first-order valence-corrected chi connectivity index (χ1v) is 5.74. The molecule has 0 amide bonds. The molecule has 96 valence electrons. The second kappa shape index (κ2) is 7.33. The van der Waals surface area contributed by atoms with E-state index in [9.17, 15) is 4.79 Å². The van der Waals surface area contributed by atoms with Crippen molar-refractivity contribution in [3.63, 3.8) is 0 Å². The van der Waals surface area contributed by atoms with Crippen LogP contribution in [0.3, 0.4) is 0 Å². The molecule has 0 N–H and O–H groups in total. The molecule has 3 heteroatoms. The third-order valence-electron chi connectivity index (χ3n) is 2.23. The molecule has 0 radical (unpaired) electrons. The van der Waals surface area contributed by atoms with Crippen LogP contribution in [-0.4, -0.2) is 19.7 Å². The molecule has 0 aliphatic carbocycles.